The normalized spacial score (nSPS) is 10.5. The first kappa shape index (κ1) is 16.7. The van der Waals surface area contributed by atoms with Crippen LogP contribution >= 0.6 is 0 Å². The van der Waals surface area contributed by atoms with Gasteiger partial charge < -0.3 is 15.2 Å². The predicted molar refractivity (Wildman–Crippen MR) is 79.7 cm³/mol. The molecule has 0 aliphatic rings. The number of ether oxygens (including phenoxy) is 1. The Hall–Kier alpha value is -1.39. The number of amides is 1. The van der Waals surface area contributed by atoms with Crippen molar-refractivity contribution in [3.8, 4) is 0 Å². The van der Waals surface area contributed by atoms with E-state index in [1.54, 1.807) is 0 Å². The minimum absolute atomic E-state index is 0.0448. The minimum atomic E-state index is 0.0448. The fraction of sp³-hybridized carbons (Fsp3) is 0.562. The summed E-state index contributed by atoms with van der Waals surface area (Å²) in [7, 11) is 0. The third kappa shape index (κ3) is 7.26. The molecular weight excluding hydrogens is 254 g/mol. The summed E-state index contributed by atoms with van der Waals surface area (Å²) in [4.78, 5) is 11.6. The number of aliphatic hydroxyl groups excluding tert-OH is 1. The Morgan fingerprint density at radius 3 is 2.55 bits per heavy atom. The predicted octanol–water partition coefficient (Wildman–Crippen LogP) is 1.70. The molecule has 0 bridgehead atoms. The standard InChI is InChI=1S/C16H25NO3/c1-2-14-4-6-15(7-5-14)8-9-16(19)17-10-3-12-20-13-11-18/h4-7,18H,2-3,8-13H2,1H3,(H,17,19). The highest BCUT2D eigenvalue weighted by molar-refractivity contribution is 5.76. The van der Waals surface area contributed by atoms with Gasteiger partial charge >= 0.3 is 0 Å². The van der Waals surface area contributed by atoms with Crippen molar-refractivity contribution in [2.45, 2.75) is 32.6 Å². The maximum absolute atomic E-state index is 11.6. The fourth-order valence-electron chi connectivity index (χ4n) is 1.86. The van der Waals surface area contributed by atoms with E-state index in [2.05, 4.69) is 36.5 Å². The van der Waals surface area contributed by atoms with Crippen LogP contribution in [0.2, 0.25) is 0 Å². The van der Waals surface area contributed by atoms with Crippen LogP contribution in [-0.2, 0) is 22.4 Å². The summed E-state index contributed by atoms with van der Waals surface area (Å²) in [6.45, 7) is 3.73. The molecule has 0 aromatic heterocycles. The smallest absolute Gasteiger partial charge is 0.220 e. The van der Waals surface area contributed by atoms with Crippen LogP contribution in [-0.4, -0.2) is 37.4 Å². The van der Waals surface area contributed by atoms with Gasteiger partial charge in [0.1, 0.15) is 0 Å². The van der Waals surface area contributed by atoms with E-state index in [-0.39, 0.29) is 12.5 Å². The summed E-state index contributed by atoms with van der Waals surface area (Å²) in [5.41, 5.74) is 2.52. The van der Waals surface area contributed by atoms with E-state index in [0.717, 1.165) is 19.3 Å². The van der Waals surface area contributed by atoms with Gasteiger partial charge in [-0.25, -0.2) is 0 Å². The average molecular weight is 279 g/mol. The minimum Gasteiger partial charge on any atom is -0.394 e. The Kier molecular flexibility index (Phi) is 8.67. The van der Waals surface area contributed by atoms with Crippen molar-refractivity contribution in [1.82, 2.24) is 5.32 Å². The van der Waals surface area contributed by atoms with E-state index in [1.807, 2.05) is 0 Å². The second-order valence-electron chi connectivity index (χ2n) is 4.71. The van der Waals surface area contributed by atoms with E-state index < -0.39 is 0 Å². The van der Waals surface area contributed by atoms with E-state index in [9.17, 15) is 4.79 Å². The lowest BCUT2D eigenvalue weighted by Gasteiger charge is -2.06. The molecule has 112 valence electrons. The van der Waals surface area contributed by atoms with Crippen LogP contribution in [0.4, 0.5) is 0 Å². The second kappa shape index (κ2) is 10.4. The molecule has 0 spiro atoms. The Balaban J connectivity index is 2.10. The zero-order chi connectivity index (χ0) is 14.6. The van der Waals surface area contributed by atoms with Gasteiger partial charge in [0.15, 0.2) is 0 Å². The molecule has 0 aliphatic carbocycles. The summed E-state index contributed by atoms with van der Waals surface area (Å²) >= 11 is 0. The molecule has 0 saturated carbocycles. The molecule has 1 aromatic carbocycles. The molecule has 0 fully saturated rings. The van der Waals surface area contributed by atoms with Crippen molar-refractivity contribution in [1.29, 1.82) is 0 Å². The van der Waals surface area contributed by atoms with Crippen LogP contribution in [0.3, 0.4) is 0 Å². The first-order valence-electron chi connectivity index (χ1n) is 7.29. The highest BCUT2D eigenvalue weighted by Crippen LogP contribution is 2.07. The SMILES string of the molecule is CCc1ccc(CCC(=O)NCCCOCCO)cc1. The van der Waals surface area contributed by atoms with Crippen molar-refractivity contribution in [2.75, 3.05) is 26.4 Å². The maximum Gasteiger partial charge on any atom is 0.220 e. The van der Waals surface area contributed by atoms with Gasteiger partial charge in [-0.2, -0.15) is 0 Å². The molecule has 1 rings (SSSR count). The third-order valence-electron chi connectivity index (χ3n) is 3.10. The van der Waals surface area contributed by atoms with Gasteiger partial charge in [0.2, 0.25) is 5.91 Å². The first-order valence-corrected chi connectivity index (χ1v) is 7.29. The molecule has 0 atom stereocenters. The number of benzene rings is 1. The number of carbonyl (C=O) groups is 1. The first-order chi connectivity index (χ1) is 9.76. The van der Waals surface area contributed by atoms with Gasteiger partial charge in [-0.05, 0) is 30.4 Å². The highest BCUT2D eigenvalue weighted by Gasteiger charge is 2.02. The largest absolute Gasteiger partial charge is 0.394 e. The Bertz CT molecular complexity index is 376. The Morgan fingerprint density at radius 2 is 1.90 bits per heavy atom. The topological polar surface area (TPSA) is 58.6 Å². The van der Waals surface area contributed by atoms with E-state index in [1.165, 1.54) is 11.1 Å². The summed E-state index contributed by atoms with van der Waals surface area (Å²) in [6, 6.07) is 8.42. The van der Waals surface area contributed by atoms with Gasteiger partial charge in [0.25, 0.3) is 0 Å². The van der Waals surface area contributed by atoms with Crippen LogP contribution in [0.25, 0.3) is 0 Å². The number of hydrogen-bond acceptors (Lipinski definition) is 3. The molecule has 4 heteroatoms. The van der Waals surface area contributed by atoms with E-state index in [4.69, 9.17) is 9.84 Å². The molecule has 0 saturated heterocycles. The third-order valence-corrected chi connectivity index (χ3v) is 3.10. The van der Waals surface area contributed by atoms with Crippen LogP contribution in [0.1, 0.15) is 30.9 Å². The maximum atomic E-state index is 11.6. The summed E-state index contributed by atoms with van der Waals surface area (Å²) < 4.78 is 5.11. The van der Waals surface area contributed by atoms with Crippen molar-refractivity contribution in [3.63, 3.8) is 0 Å². The molecule has 0 radical (unpaired) electrons. The number of nitrogens with one attached hydrogen (secondary N) is 1. The highest BCUT2D eigenvalue weighted by atomic mass is 16.5. The molecule has 1 aromatic rings. The Labute approximate surface area is 121 Å². The summed E-state index contributed by atoms with van der Waals surface area (Å²) in [5.74, 6) is 0.0757. The van der Waals surface area contributed by atoms with Gasteiger partial charge in [0, 0.05) is 19.6 Å². The van der Waals surface area contributed by atoms with Gasteiger partial charge in [-0.1, -0.05) is 31.2 Å². The second-order valence-corrected chi connectivity index (χ2v) is 4.71. The van der Waals surface area contributed by atoms with E-state index in [0.29, 0.717) is 26.2 Å². The molecule has 0 aliphatic heterocycles. The van der Waals surface area contributed by atoms with Crippen LogP contribution in [0.15, 0.2) is 24.3 Å². The summed E-state index contributed by atoms with van der Waals surface area (Å²) in [5, 5.41) is 11.4. The quantitative estimate of drug-likeness (QED) is 0.641. The zero-order valence-corrected chi connectivity index (χ0v) is 12.2. The van der Waals surface area contributed by atoms with Crippen molar-refractivity contribution in [3.05, 3.63) is 35.4 Å². The van der Waals surface area contributed by atoms with Crippen molar-refractivity contribution >= 4 is 5.91 Å². The Morgan fingerprint density at radius 1 is 1.20 bits per heavy atom. The molecule has 0 heterocycles. The van der Waals surface area contributed by atoms with Gasteiger partial charge in [-0.3, -0.25) is 4.79 Å². The van der Waals surface area contributed by atoms with Crippen molar-refractivity contribution in [2.24, 2.45) is 0 Å². The van der Waals surface area contributed by atoms with E-state index >= 15 is 0 Å². The zero-order valence-electron chi connectivity index (χ0n) is 12.2. The summed E-state index contributed by atoms with van der Waals surface area (Å²) in [6.07, 6.45) is 3.11. The monoisotopic (exact) mass is 279 g/mol. The lowest BCUT2D eigenvalue weighted by molar-refractivity contribution is -0.121. The van der Waals surface area contributed by atoms with Crippen LogP contribution < -0.4 is 5.32 Å². The number of rotatable bonds is 10. The molecule has 4 nitrogen and oxygen atoms in total. The number of hydrogen-bond donors (Lipinski definition) is 2. The van der Waals surface area contributed by atoms with Crippen molar-refractivity contribution < 1.29 is 14.6 Å². The lowest BCUT2D eigenvalue weighted by Crippen LogP contribution is -2.25. The molecule has 20 heavy (non-hydrogen) atoms. The van der Waals surface area contributed by atoms with Crippen LogP contribution in [0.5, 0.6) is 0 Å². The van der Waals surface area contributed by atoms with Gasteiger partial charge in [-0.15, -0.1) is 0 Å². The molecule has 2 N–H and O–H groups in total. The molecule has 1 amide bonds. The number of aliphatic hydroxyl groups is 1. The lowest BCUT2D eigenvalue weighted by atomic mass is 10.1. The fourth-order valence-corrected chi connectivity index (χ4v) is 1.86. The average Bonchev–Trinajstić information content (AvgIpc) is 2.49. The number of aryl methyl sites for hydroxylation is 2. The molecular formula is C16H25NO3. The molecule has 0 unspecified atom stereocenters. The van der Waals surface area contributed by atoms with Crippen LogP contribution in [0, 0.1) is 0 Å². The number of carbonyl (C=O) groups excluding carboxylic acids is 1. The van der Waals surface area contributed by atoms with Gasteiger partial charge in [0.05, 0.1) is 13.2 Å².